The molecule has 0 saturated heterocycles. The lowest BCUT2D eigenvalue weighted by atomic mass is 10.2. The van der Waals surface area contributed by atoms with Gasteiger partial charge in [0.05, 0.1) is 9.98 Å². The van der Waals surface area contributed by atoms with Gasteiger partial charge in [0.2, 0.25) is 5.91 Å². The average molecular weight is 328 g/mol. The summed E-state index contributed by atoms with van der Waals surface area (Å²) in [4.78, 5) is 12.9. The number of carbonyl (C=O) groups is 1. The van der Waals surface area contributed by atoms with Crippen molar-refractivity contribution in [1.82, 2.24) is 15.5 Å². The molecule has 1 amide bonds. The number of rotatable bonds is 6. The normalized spacial score (nSPS) is 10.5. The van der Waals surface area contributed by atoms with Gasteiger partial charge in [-0.1, -0.05) is 0 Å². The van der Waals surface area contributed by atoms with E-state index in [4.69, 9.17) is 0 Å². The number of hydrogen-bond acceptors (Lipinski definition) is 3. The minimum absolute atomic E-state index is 0.0896. The number of amides is 1. The Balaban J connectivity index is 1.63. The third-order valence-corrected chi connectivity index (χ3v) is 4.18. The number of aromatic nitrogens is 2. The number of nitrogens with one attached hydrogen (secondary N) is 2. The van der Waals surface area contributed by atoms with E-state index in [0.717, 1.165) is 22.2 Å². The molecule has 2 aromatic rings. The summed E-state index contributed by atoms with van der Waals surface area (Å²) in [6, 6.07) is 4.14. The minimum atomic E-state index is 0.0896. The maximum absolute atomic E-state index is 11.6. The molecule has 0 atom stereocenters. The van der Waals surface area contributed by atoms with E-state index in [2.05, 4.69) is 37.5 Å². The maximum Gasteiger partial charge on any atom is 0.220 e. The van der Waals surface area contributed by atoms with E-state index in [0.29, 0.717) is 13.0 Å². The van der Waals surface area contributed by atoms with E-state index < -0.39 is 0 Å². The number of carbonyl (C=O) groups excluding carboxylic acids is 1. The molecule has 0 spiro atoms. The number of thiophene rings is 1. The highest BCUT2D eigenvalue weighted by Crippen LogP contribution is 2.23. The van der Waals surface area contributed by atoms with E-state index in [1.165, 1.54) is 4.88 Å². The van der Waals surface area contributed by atoms with E-state index in [1.54, 1.807) is 23.7 Å². The van der Waals surface area contributed by atoms with Crippen LogP contribution in [0.4, 0.5) is 0 Å². The van der Waals surface area contributed by atoms with Gasteiger partial charge in [-0.15, -0.1) is 11.3 Å². The van der Waals surface area contributed by atoms with Crippen LogP contribution in [-0.2, 0) is 17.8 Å². The highest BCUT2D eigenvalue weighted by Gasteiger charge is 2.03. The zero-order valence-electron chi connectivity index (χ0n) is 9.78. The molecule has 0 radical (unpaired) electrons. The van der Waals surface area contributed by atoms with Gasteiger partial charge in [0.25, 0.3) is 0 Å². The van der Waals surface area contributed by atoms with Crippen LogP contribution in [0.5, 0.6) is 0 Å². The number of halogens is 1. The van der Waals surface area contributed by atoms with Crippen molar-refractivity contribution in [1.29, 1.82) is 0 Å². The van der Waals surface area contributed by atoms with Gasteiger partial charge in [-0.2, -0.15) is 5.10 Å². The number of hydrogen-bond donors (Lipinski definition) is 2. The molecule has 0 saturated carbocycles. The molecule has 6 heteroatoms. The Kier molecular flexibility index (Phi) is 4.95. The van der Waals surface area contributed by atoms with Crippen LogP contribution in [0.25, 0.3) is 0 Å². The largest absolute Gasteiger partial charge is 0.352 e. The van der Waals surface area contributed by atoms with Gasteiger partial charge in [0, 0.05) is 29.6 Å². The smallest absolute Gasteiger partial charge is 0.220 e. The zero-order chi connectivity index (χ0) is 12.8. The van der Waals surface area contributed by atoms with Crippen LogP contribution in [0.3, 0.4) is 0 Å². The molecule has 4 nitrogen and oxygen atoms in total. The van der Waals surface area contributed by atoms with Gasteiger partial charge in [-0.05, 0) is 40.9 Å². The van der Waals surface area contributed by atoms with Crippen molar-refractivity contribution in [3.05, 3.63) is 38.8 Å². The van der Waals surface area contributed by atoms with Gasteiger partial charge in [0.15, 0.2) is 0 Å². The first-order valence-corrected chi connectivity index (χ1v) is 7.33. The Hall–Kier alpha value is -1.14. The molecular formula is C12H14BrN3OS. The zero-order valence-corrected chi connectivity index (χ0v) is 12.2. The van der Waals surface area contributed by atoms with Crippen LogP contribution in [0.15, 0.2) is 28.3 Å². The van der Waals surface area contributed by atoms with Gasteiger partial charge in [-0.25, -0.2) is 0 Å². The fourth-order valence-electron chi connectivity index (χ4n) is 1.57. The van der Waals surface area contributed by atoms with Gasteiger partial charge < -0.3 is 5.32 Å². The molecule has 2 N–H and O–H groups in total. The van der Waals surface area contributed by atoms with Gasteiger partial charge in [0.1, 0.15) is 0 Å². The molecule has 0 aliphatic heterocycles. The Morgan fingerprint density at radius 1 is 1.50 bits per heavy atom. The highest BCUT2D eigenvalue weighted by atomic mass is 79.9. The lowest BCUT2D eigenvalue weighted by Gasteiger charge is -2.02. The summed E-state index contributed by atoms with van der Waals surface area (Å²) >= 11 is 5.15. The monoisotopic (exact) mass is 327 g/mol. The van der Waals surface area contributed by atoms with E-state index in [1.807, 2.05) is 6.07 Å². The van der Waals surface area contributed by atoms with Crippen molar-refractivity contribution in [3.63, 3.8) is 0 Å². The maximum atomic E-state index is 11.6. The molecular weight excluding hydrogens is 314 g/mol. The van der Waals surface area contributed by atoms with E-state index in [9.17, 15) is 4.79 Å². The first kappa shape index (κ1) is 13.3. The Labute approximate surface area is 118 Å². The van der Waals surface area contributed by atoms with Crippen molar-refractivity contribution >= 4 is 33.2 Å². The van der Waals surface area contributed by atoms with Crippen molar-refractivity contribution in [2.24, 2.45) is 0 Å². The topological polar surface area (TPSA) is 57.8 Å². The van der Waals surface area contributed by atoms with E-state index in [-0.39, 0.29) is 5.91 Å². The van der Waals surface area contributed by atoms with Gasteiger partial charge in [-0.3, -0.25) is 9.89 Å². The lowest BCUT2D eigenvalue weighted by Crippen LogP contribution is -2.22. The molecule has 0 aliphatic rings. The molecule has 0 aromatic carbocycles. The van der Waals surface area contributed by atoms with Crippen LogP contribution < -0.4 is 5.32 Å². The predicted octanol–water partition coefficient (Wildman–Crippen LogP) is 2.87. The summed E-state index contributed by atoms with van der Waals surface area (Å²) in [5.74, 6) is 0.0896. The van der Waals surface area contributed by atoms with Crippen LogP contribution in [0, 0.1) is 0 Å². The summed E-state index contributed by atoms with van der Waals surface area (Å²) in [5.41, 5.74) is 0.991. The Bertz CT molecular complexity index is 495. The second-order valence-electron chi connectivity index (χ2n) is 3.94. The summed E-state index contributed by atoms with van der Waals surface area (Å²) in [5, 5.41) is 9.41. The first-order chi connectivity index (χ1) is 8.74. The summed E-state index contributed by atoms with van der Waals surface area (Å²) in [6.45, 7) is 0.542. The van der Waals surface area contributed by atoms with Crippen LogP contribution in [0.2, 0.25) is 0 Å². The van der Waals surface area contributed by atoms with Crippen LogP contribution in [-0.4, -0.2) is 16.1 Å². The van der Waals surface area contributed by atoms with Crippen molar-refractivity contribution in [2.45, 2.75) is 25.8 Å². The third-order valence-electron chi connectivity index (χ3n) is 2.50. The molecule has 0 fully saturated rings. The minimum Gasteiger partial charge on any atom is -0.352 e. The molecule has 2 heterocycles. The fraction of sp³-hybridized carbons (Fsp3) is 0.333. The molecule has 2 rings (SSSR count). The molecule has 18 heavy (non-hydrogen) atoms. The predicted molar refractivity (Wildman–Crippen MR) is 75.4 cm³/mol. The summed E-state index contributed by atoms with van der Waals surface area (Å²) in [7, 11) is 0. The quantitative estimate of drug-likeness (QED) is 0.857. The second kappa shape index (κ2) is 6.70. The van der Waals surface area contributed by atoms with E-state index >= 15 is 0 Å². The highest BCUT2D eigenvalue weighted by molar-refractivity contribution is 9.11. The second-order valence-corrected chi connectivity index (χ2v) is 6.49. The molecule has 96 valence electrons. The average Bonchev–Trinajstić information content (AvgIpc) is 2.98. The summed E-state index contributed by atoms with van der Waals surface area (Å²) < 4.78 is 1.14. The Morgan fingerprint density at radius 3 is 3.06 bits per heavy atom. The molecule has 0 unspecified atom stereocenters. The first-order valence-electron chi connectivity index (χ1n) is 5.72. The number of H-pyrrole nitrogens is 1. The third kappa shape index (κ3) is 4.27. The van der Waals surface area contributed by atoms with Gasteiger partial charge >= 0.3 is 0 Å². The number of aryl methyl sites for hydroxylation is 1. The Morgan fingerprint density at radius 2 is 2.39 bits per heavy atom. The van der Waals surface area contributed by atoms with Crippen molar-refractivity contribution in [3.8, 4) is 0 Å². The molecule has 0 aliphatic carbocycles. The van der Waals surface area contributed by atoms with Crippen LogP contribution >= 0.6 is 27.3 Å². The van der Waals surface area contributed by atoms with Crippen LogP contribution in [0.1, 0.15) is 23.3 Å². The van der Waals surface area contributed by atoms with Crippen molar-refractivity contribution < 1.29 is 4.79 Å². The lowest BCUT2D eigenvalue weighted by molar-refractivity contribution is -0.121. The standard InChI is InChI=1S/C12H14BrN3OS/c13-11-5-4-10(18-11)2-1-3-12(17)14-6-9-7-15-16-8-9/h4-5,7-8H,1-3,6H2,(H,14,17)(H,15,16). The molecule has 0 bridgehead atoms. The molecule has 2 aromatic heterocycles. The number of nitrogens with zero attached hydrogens (tertiary/aromatic N) is 1. The summed E-state index contributed by atoms with van der Waals surface area (Å²) in [6.07, 6.45) is 5.89. The van der Waals surface area contributed by atoms with Crippen molar-refractivity contribution in [2.75, 3.05) is 0 Å². The number of aromatic amines is 1. The SMILES string of the molecule is O=C(CCCc1ccc(Br)s1)NCc1cn[nH]c1. The fourth-order valence-corrected chi connectivity index (χ4v) is 3.10.